The minimum atomic E-state index is -0.0371. The van der Waals surface area contributed by atoms with Crippen molar-refractivity contribution >= 4 is 11.9 Å². The van der Waals surface area contributed by atoms with E-state index in [1.165, 1.54) is 11.1 Å². The van der Waals surface area contributed by atoms with Gasteiger partial charge in [-0.1, -0.05) is 13.0 Å². The topological polar surface area (TPSA) is 90.4 Å². The molecule has 7 heteroatoms. The molecule has 1 amide bonds. The van der Waals surface area contributed by atoms with E-state index in [0.29, 0.717) is 24.3 Å². The standard InChI is InChI=1S/C27H36N6O/c1-17-5-8-29-24(11-17)25(20-3-4-20)33-26(34)22-13-19(15-32-27-30-9-10-31-27)12-21(14-22)23-16-28-7-6-18(23)2/h5,8,11-14,18,20,23,25,28H,3-4,6-7,9-10,15-16H2,1-2H3,(H,33,34)(H2,30,31,32). The van der Waals surface area contributed by atoms with E-state index in [1.54, 1.807) is 0 Å². The summed E-state index contributed by atoms with van der Waals surface area (Å²) in [4.78, 5) is 22.6. The maximum absolute atomic E-state index is 13.6. The Morgan fingerprint density at radius 1 is 1.18 bits per heavy atom. The van der Waals surface area contributed by atoms with Crippen molar-refractivity contribution in [2.75, 3.05) is 26.2 Å². The van der Waals surface area contributed by atoms with Crippen LogP contribution >= 0.6 is 0 Å². The molecule has 4 N–H and O–H groups in total. The van der Waals surface area contributed by atoms with Crippen molar-refractivity contribution in [1.29, 1.82) is 0 Å². The molecule has 1 aromatic carbocycles. The van der Waals surface area contributed by atoms with Gasteiger partial charge in [0.15, 0.2) is 5.96 Å². The van der Waals surface area contributed by atoms with Crippen LogP contribution in [-0.2, 0) is 6.54 Å². The molecule has 0 spiro atoms. The number of amides is 1. The molecule has 1 aliphatic carbocycles. The molecule has 0 radical (unpaired) electrons. The Morgan fingerprint density at radius 3 is 2.79 bits per heavy atom. The van der Waals surface area contributed by atoms with Crippen LogP contribution < -0.4 is 21.3 Å². The summed E-state index contributed by atoms with van der Waals surface area (Å²) in [5.74, 6) is 2.27. The second-order valence-corrected chi connectivity index (χ2v) is 10.1. The Labute approximate surface area is 202 Å². The average Bonchev–Trinajstić information content (AvgIpc) is 3.55. The van der Waals surface area contributed by atoms with E-state index in [-0.39, 0.29) is 11.9 Å². The third-order valence-corrected chi connectivity index (χ3v) is 7.30. The van der Waals surface area contributed by atoms with E-state index in [2.05, 4.69) is 63.3 Å². The fraction of sp³-hybridized carbons (Fsp3) is 0.519. The molecule has 0 bridgehead atoms. The molecule has 180 valence electrons. The summed E-state index contributed by atoms with van der Waals surface area (Å²) in [7, 11) is 0. The van der Waals surface area contributed by atoms with Crippen LogP contribution in [0.3, 0.4) is 0 Å². The fourth-order valence-corrected chi connectivity index (χ4v) is 5.12. The molecule has 3 atom stereocenters. The first-order valence-electron chi connectivity index (χ1n) is 12.7. The number of rotatable bonds is 7. The molecule has 2 fully saturated rings. The predicted octanol–water partition coefficient (Wildman–Crippen LogP) is 3.03. The predicted molar refractivity (Wildman–Crippen MR) is 135 cm³/mol. The van der Waals surface area contributed by atoms with Gasteiger partial charge in [-0.3, -0.25) is 14.8 Å². The number of hydrogen-bond donors (Lipinski definition) is 4. The van der Waals surface area contributed by atoms with Crippen LogP contribution in [0.15, 0.2) is 41.5 Å². The summed E-state index contributed by atoms with van der Waals surface area (Å²) >= 11 is 0. The van der Waals surface area contributed by atoms with Crippen LogP contribution in [0.1, 0.15) is 70.9 Å². The zero-order valence-electron chi connectivity index (χ0n) is 20.2. The summed E-state index contributed by atoms with van der Waals surface area (Å²) in [6.45, 7) is 8.71. The van der Waals surface area contributed by atoms with Crippen LogP contribution in [0.4, 0.5) is 0 Å². The first-order chi connectivity index (χ1) is 16.6. The van der Waals surface area contributed by atoms with Gasteiger partial charge in [-0.15, -0.1) is 0 Å². The third-order valence-electron chi connectivity index (χ3n) is 7.30. The Balaban J connectivity index is 1.40. The highest BCUT2D eigenvalue weighted by Crippen LogP contribution is 2.40. The number of carbonyl (C=O) groups is 1. The average molecular weight is 461 g/mol. The number of pyridine rings is 1. The van der Waals surface area contributed by atoms with E-state index in [0.717, 1.165) is 68.2 Å². The molecule has 1 aromatic heterocycles. The number of nitrogens with zero attached hydrogens (tertiary/aromatic N) is 2. The van der Waals surface area contributed by atoms with Crippen molar-refractivity contribution in [2.45, 2.75) is 51.6 Å². The maximum Gasteiger partial charge on any atom is 0.251 e. The largest absolute Gasteiger partial charge is 0.355 e. The highest BCUT2D eigenvalue weighted by Gasteiger charge is 2.35. The normalized spacial score (nSPS) is 23.1. The summed E-state index contributed by atoms with van der Waals surface area (Å²) in [6.07, 6.45) is 5.26. The summed E-state index contributed by atoms with van der Waals surface area (Å²) in [5, 5.41) is 13.5. The van der Waals surface area contributed by atoms with Gasteiger partial charge in [-0.05, 0) is 91.4 Å². The number of aliphatic imine (C=N–C) groups is 1. The first kappa shape index (κ1) is 22.8. The minimum Gasteiger partial charge on any atom is -0.355 e. The zero-order valence-corrected chi connectivity index (χ0v) is 20.2. The van der Waals surface area contributed by atoms with Gasteiger partial charge in [0.05, 0.1) is 18.3 Å². The van der Waals surface area contributed by atoms with Crippen LogP contribution in [0.2, 0.25) is 0 Å². The molecule has 3 heterocycles. The van der Waals surface area contributed by atoms with E-state index < -0.39 is 0 Å². The second kappa shape index (κ2) is 10.1. The quantitative estimate of drug-likeness (QED) is 0.510. The molecule has 2 aromatic rings. The Morgan fingerprint density at radius 2 is 2.06 bits per heavy atom. The van der Waals surface area contributed by atoms with Gasteiger partial charge < -0.3 is 21.3 Å². The van der Waals surface area contributed by atoms with Crippen LogP contribution in [0, 0.1) is 18.8 Å². The lowest BCUT2D eigenvalue weighted by Crippen LogP contribution is -2.35. The summed E-state index contributed by atoms with van der Waals surface area (Å²) in [6, 6.07) is 10.4. The maximum atomic E-state index is 13.6. The molecule has 3 unspecified atom stereocenters. The number of benzene rings is 1. The van der Waals surface area contributed by atoms with E-state index >= 15 is 0 Å². The fourth-order valence-electron chi connectivity index (χ4n) is 5.12. The van der Waals surface area contributed by atoms with Gasteiger partial charge in [0.25, 0.3) is 5.91 Å². The van der Waals surface area contributed by atoms with E-state index in [1.807, 2.05) is 18.3 Å². The monoisotopic (exact) mass is 460 g/mol. The highest BCUT2D eigenvalue weighted by molar-refractivity contribution is 5.95. The van der Waals surface area contributed by atoms with Crippen molar-refractivity contribution in [1.82, 2.24) is 26.3 Å². The van der Waals surface area contributed by atoms with Crippen LogP contribution in [-0.4, -0.2) is 43.0 Å². The van der Waals surface area contributed by atoms with Crippen molar-refractivity contribution < 1.29 is 4.79 Å². The van der Waals surface area contributed by atoms with Crippen LogP contribution in [0.5, 0.6) is 0 Å². The molecule has 2 aliphatic heterocycles. The van der Waals surface area contributed by atoms with Gasteiger partial charge in [0.2, 0.25) is 0 Å². The SMILES string of the molecule is Cc1ccnc(C(NC(=O)c2cc(CNC3=NCCN3)cc(C3CNCCC3C)c2)C2CC2)c1. The molecule has 7 nitrogen and oxygen atoms in total. The third kappa shape index (κ3) is 5.41. The Hall–Kier alpha value is -2.93. The molecular formula is C27H36N6O. The zero-order chi connectivity index (χ0) is 23.5. The number of carbonyl (C=O) groups excluding carboxylic acids is 1. The summed E-state index contributed by atoms with van der Waals surface area (Å²) < 4.78 is 0. The molecular weight excluding hydrogens is 424 g/mol. The molecule has 1 saturated heterocycles. The lowest BCUT2D eigenvalue weighted by molar-refractivity contribution is 0.0930. The van der Waals surface area contributed by atoms with Crippen LogP contribution in [0.25, 0.3) is 0 Å². The second-order valence-electron chi connectivity index (χ2n) is 10.1. The van der Waals surface area contributed by atoms with Crippen molar-refractivity contribution in [3.8, 4) is 0 Å². The van der Waals surface area contributed by atoms with Gasteiger partial charge in [-0.2, -0.15) is 0 Å². The van der Waals surface area contributed by atoms with Gasteiger partial charge in [0, 0.05) is 31.4 Å². The van der Waals surface area contributed by atoms with E-state index in [9.17, 15) is 4.79 Å². The van der Waals surface area contributed by atoms with Crippen molar-refractivity contribution in [2.24, 2.45) is 16.8 Å². The van der Waals surface area contributed by atoms with Gasteiger partial charge in [-0.25, -0.2) is 0 Å². The Bertz CT molecular complexity index is 1060. The lowest BCUT2D eigenvalue weighted by atomic mass is 9.81. The molecule has 1 saturated carbocycles. The number of piperidine rings is 1. The number of aryl methyl sites for hydroxylation is 1. The molecule has 34 heavy (non-hydrogen) atoms. The van der Waals surface area contributed by atoms with Crippen molar-refractivity contribution in [3.05, 3.63) is 64.5 Å². The van der Waals surface area contributed by atoms with E-state index in [4.69, 9.17) is 0 Å². The van der Waals surface area contributed by atoms with Gasteiger partial charge in [0.1, 0.15) is 0 Å². The summed E-state index contributed by atoms with van der Waals surface area (Å²) in [5.41, 5.74) is 5.20. The highest BCUT2D eigenvalue weighted by atomic mass is 16.1. The Kier molecular flexibility index (Phi) is 6.81. The van der Waals surface area contributed by atoms with Crippen molar-refractivity contribution in [3.63, 3.8) is 0 Å². The molecule has 5 rings (SSSR count). The first-order valence-corrected chi connectivity index (χ1v) is 12.7. The molecule has 3 aliphatic rings. The minimum absolute atomic E-state index is 0.0175. The number of aromatic nitrogens is 1. The lowest BCUT2D eigenvalue weighted by Gasteiger charge is -2.30. The number of guanidine groups is 1. The smallest absolute Gasteiger partial charge is 0.251 e. The van der Waals surface area contributed by atoms with Gasteiger partial charge >= 0.3 is 0 Å². The number of hydrogen-bond acceptors (Lipinski definition) is 6. The number of nitrogens with one attached hydrogen (secondary N) is 4.